The first-order valence-corrected chi connectivity index (χ1v) is 5.81. The second kappa shape index (κ2) is 4.94. The van der Waals surface area contributed by atoms with Crippen molar-refractivity contribution in [3.63, 3.8) is 0 Å². The highest BCUT2D eigenvalue weighted by Gasteiger charge is 2.16. The fraction of sp³-hybridized carbons (Fsp3) is 0.0667. The molecular weight excluding hydrogens is 240 g/mol. The average molecular weight is 254 g/mol. The Labute approximate surface area is 111 Å². The van der Waals surface area contributed by atoms with Gasteiger partial charge in [0.05, 0.1) is 0 Å². The van der Waals surface area contributed by atoms with Crippen molar-refractivity contribution in [2.75, 3.05) is 0 Å². The zero-order valence-electron chi connectivity index (χ0n) is 10.5. The molecule has 0 bridgehead atoms. The number of carbonyl (C=O) groups is 2. The summed E-state index contributed by atoms with van der Waals surface area (Å²) < 4.78 is 0. The summed E-state index contributed by atoms with van der Waals surface area (Å²) in [5, 5.41) is 0. The van der Waals surface area contributed by atoms with Crippen molar-refractivity contribution < 1.29 is 9.59 Å². The van der Waals surface area contributed by atoms with E-state index in [0.29, 0.717) is 22.3 Å². The first-order valence-electron chi connectivity index (χ1n) is 5.81. The summed E-state index contributed by atoms with van der Waals surface area (Å²) in [6.07, 6.45) is 0. The molecule has 19 heavy (non-hydrogen) atoms. The van der Waals surface area contributed by atoms with Crippen LogP contribution in [0.15, 0.2) is 42.5 Å². The maximum absolute atomic E-state index is 11.6. The number of nitrogens with two attached hydrogens (primary N) is 2. The zero-order chi connectivity index (χ0) is 14.0. The van der Waals surface area contributed by atoms with Crippen LogP contribution in [0.4, 0.5) is 0 Å². The second-order valence-electron chi connectivity index (χ2n) is 4.27. The molecule has 0 heterocycles. The van der Waals surface area contributed by atoms with Crippen molar-refractivity contribution in [2.45, 2.75) is 6.92 Å². The minimum absolute atomic E-state index is 0.371. The van der Waals surface area contributed by atoms with Gasteiger partial charge in [0.1, 0.15) is 0 Å². The average Bonchev–Trinajstić information content (AvgIpc) is 2.37. The molecule has 0 atom stereocenters. The first-order chi connectivity index (χ1) is 9.02. The van der Waals surface area contributed by atoms with Crippen LogP contribution in [0.25, 0.3) is 11.1 Å². The van der Waals surface area contributed by atoms with Crippen molar-refractivity contribution in [1.29, 1.82) is 0 Å². The summed E-state index contributed by atoms with van der Waals surface area (Å²) in [6.45, 7) is 1.80. The Balaban J connectivity index is 2.76. The summed E-state index contributed by atoms with van der Waals surface area (Å²) in [7, 11) is 0. The van der Waals surface area contributed by atoms with E-state index in [1.807, 2.05) is 6.07 Å². The number of hydrogen-bond donors (Lipinski definition) is 2. The van der Waals surface area contributed by atoms with Crippen molar-refractivity contribution >= 4 is 11.8 Å². The number of aryl methyl sites for hydroxylation is 1. The van der Waals surface area contributed by atoms with Gasteiger partial charge in [0.15, 0.2) is 0 Å². The molecular formula is C15H14N2O2. The number of carbonyl (C=O) groups excluding carboxylic acids is 2. The Morgan fingerprint density at radius 1 is 0.842 bits per heavy atom. The summed E-state index contributed by atoms with van der Waals surface area (Å²) in [5.41, 5.74) is 13.6. The van der Waals surface area contributed by atoms with Gasteiger partial charge in [-0.25, -0.2) is 0 Å². The van der Waals surface area contributed by atoms with E-state index in [9.17, 15) is 9.59 Å². The van der Waals surface area contributed by atoms with Crippen LogP contribution in [0, 0.1) is 6.92 Å². The molecule has 0 unspecified atom stereocenters. The lowest BCUT2D eigenvalue weighted by atomic mass is 9.92. The van der Waals surface area contributed by atoms with Crippen LogP contribution in [-0.2, 0) is 0 Å². The molecule has 4 heteroatoms. The minimum Gasteiger partial charge on any atom is -0.366 e. The Morgan fingerprint density at radius 3 is 2.11 bits per heavy atom. The summed E-state index contributed by atoms with van der Waals surface area (Å²) in [5.74, 6) is -1.06. The van der Waals surface area contributed by atoms with Crippen LogP contribution in [0.3, 0.4) is 0 Å². The van der Waals surface area contributed by atoms with E-state index >= 15 is 0 Å². The fourth-order valence-corrected chi connectivity index (χ4v) is 2.15. The third-order valence-electron chi connectivity index (χ3n) is 3.00. The molecule has 2 rings (SSSR count). The van der Waals surface area contributed by atoms with Gasteiger partial charge in [0.25, 0.3) is 0 Å². The fourth-order valence-electron chi connectivity index (χ4n) is 2.15. The number of benzene rings is 2. The van der Waals surface area contributed by atoms with Gasteiger partial charge in [0.2, 0.25) is 11.8 Å². The number of rotatable bonds is 3. The first kappa shape index (κ1) is 12.8. The highest BCUT2D eigenvalue weighted by molar-refractivity contribution is 6.06. The Bertz CT molecular complexity index is 663. The molecule has 0 radical (unpaired) electrons. The monoisotopic (exact) mass is 254 g/mol. The zero-order valence-corrected chi connectivity index (χ0v) is 10.5. The summed E-state index contributed by atoms with van der Waals surface area (Å²) >= 11 is 0. The third kappa shape index (κ3) is 2.33. The van der Waals surface area contributed by atoms with Gasteiger partial charge in [0, 0.05) is 11.1 Å². The molecule has 2 aromatic rings. The molecule has 0 aromatic heterocycles. The summed E-state index contributed by atoms with van der Waals surface area (Å²) in [4.78, 5) is 23.1. The standard InChI is InChI=1S/C15H14N2O2/c1-9-5-4-8-11(13(9)15(17)19)10-6-2-3-7-12(10)14(16)18/h2-8H,1H3,(H2,16,18)(H2,17,19). The molecule has 0 aliphatic heterocycles. The van der Waals surface area contributed by atoms with E-state index in [-0.39, 0.29) is 0 Å². The van der Waals surface area contributed by atoms with Crippen LogP contribution in [0.1, 0.15) is 26.3 Å². The van der Waals surface area contributed by atoms with Gasteiger partial charge in [-0.2, -0.15) is 0 Å². The molecule has 4 nitrogen and oxygen atoms in total. The molecule has 0 aliphatic rings. The Kier molecular flexibility index (Phi) is 3.33. The maximum atomic E-state index is 11.6. The van der Waals surface area contributed by atoms with Crippen molar-refractivity contribution in [3.8, 4) is 11.1 Å². The van der Waals surface area contributed by atoms with Gasteiger partial charge in [-0.3, -0.25) is 9.59 Å². The van der Waals surface area contributed by atoms with Gasteiger partial charge >= 0.3 is 0 Å². The predicted molar refractivity (Wildman–Crippen MR) is 73.7 cm³/mol. The van der Waals surface area contributed by atoms with Crippen molar-refractivity contribution in [1.82, 2.24) is 0 Å². The van der Waals surface area contributed by atoms with Crippen LogP contribution < -0.4 is 11.5 Å². The van der Waals surface area contributed by atoms with Crippen LogP contribution in [0.2, 0.25) is 0 Å². The van der Waals surface area contributed by atoms with Crippen LogP contribution in [0.5, 0.6) is 0 Å². The minimum atomic E-state index is -0.535. The lowest BCUT2D eigenvalue weighted by Crippen LogP contribution is -2.16. The number of amides is 2. The molecule has 0 fully saturated rings. The molecule has 4 N–H and O–H groups in total. The van der Waals surface area contributed by atoms with E-state index in [0.717, 1.165) is 5.56 Å². The topological polar surface area (TPSA) is 86.2 Å². The second-order valence-corrected chi connectivity index (χ2v) is 4.27. The van der Waals surface area contributed by atoms with E-state index in [1.54, 1.807) is 43.3 Å². The summed E-state index contributed by atoms with van der Waals surface area (Å²) in [6, 6.07) is 12.3. The smallest absolute Gasteiger partial charge is 0.249 e. The SMILES string of the molecule is Cc1cccc(-c2ccccc2C(N)=O)c1C(N)=O. The van der Waals surface area contributed by atoms with Crippen LogP contribution >= 0.6 is 0 Å². The molecule has 2 aromatic carbocycles. The van der Waals surface area contributed by atoms with E-state index in [4.69, 9.17) is 11.5 Å². The molecule has 2 amide bonds. The Hall–Kier alpha value is -2.62. The highest BCUT2D eigenvalue weighted by atomic mass is 16.1. The van der Waals surface area contributed by atoms with Gasteiger partial charge in [-0.05, 0) is 29.7 Å². The van der Waals surface area contributed by atoms with Crippen molar-refractivity contribution in [3.05, 3.63) is 59.2 Å². The van der Waals surface area contributed by atoms with E-state index in [2.05, 4.69) is 0 Å². The third-order valence-corrected chi connectivity index (χ3v) is 3.00. The molecule has 0 spiro atoms. The lowest BCUT2D eigenvalue weighted by molar-refractivity contribution is 0.0990. The molecule has 96 valence electrons. The largest absolute Gasteiger partial charge is 0.366 e. The quantitative estimate of drug-likeness (QED) is 0.875. The predicted octanol–water partition coefficient (Wildman–Crippen LogP) is 1.86. The van der Waals surface area contributed by atoms with E-state index < -0.39 is 11.8 Å². The molecule has 0 aliphatic carbocycles. The number of primary amides is 2. The Morgan fingerprint density at radius 2 is 1.47 bits per heavy atom. The van der Waals surface area contributed by atoms with Gasteiger partial charge in [-0.15, -0.1) is 0 Å². The molecule has 0 saturated carbocycles. The molecule has 0 saturated heterocycles. The lowest BCUT2D eigenvalue weighted by Gasteiger charge is -2.12. The normalized spacial score (nSPS) is 10.2. The van der Waals surface area contributed by atoms with Gasteiger partial charge in [-0.1, -0.05) is 36.4 Å². The van der Waals surface area contributed by atoms with Gasteiger partial charge < -0.3 is 11.5 Å². The van der Waals surface area contributed by atoms with Crippen LogP contribution in [-0.4, -0.2) is 11.8 Å². The van der Waals surface area contributed by atoms with E-state index in [1.165, 1.54) is 0 Å². The highest BCUT2D eigenvalue weighted by Crippen LogP contribution is 2.28. The maximum Gasteiger partial charge on any atom is 0.249 e. The number of hydrogen-bond acceptors (Lipinski definition) is 2. The van der Waals surface area contributed by atoms with Crippen molar-refractivity contribution in [2.24, 2.45) is 11.5 Å².